The van der Waals surface area contributed by atoms with Gasteiger partial charge < -0.3 is 10.8 Å². The molecule has 0 saturated heterocycles. The summed E-state index contributed by atoms with van der Waals surface area (Å²) in [4.78, 5) is -0.185. The summed E-state index contributed by atoms with van der Waals surface area (Å²) in [7, 11) is -4.19. The van der Waals surface area contributed by atoms with Crippen molar-refractivity contribution in [3.05, 3.63) is 22.8 Å². The van der Waals surface area contributed by atoms with E-state index in [2.05, 4.69) is 0 Å². The lowest BCUT2D eigenvalue weighted by molar-refractivity contribution is 0.304. The standard InChI is InChI=1S/C7H11NO4S/c1-7(8)4-5(13(10,11)12)2-3-6(7)9/h2-3,9H,4,8H2,1H3,(H,10,11,12). The van der Waals surface area contributed by atoms with Crippen molar-refractivity contribution in [1.82, 2.24) is 0 Å². The Bertz CT molecular complexity index is 377. The molecule has 1 aliphatic rings. The fourth-order valence-electron chi connectivity index (χ4n) is 1.05. The summed E-state index contributed by atoms with van der Waals surface area (Å²) >= 11 is 0. The van der Waals surface area contributed by atoms with E-state index in [1.807, 2.05) is 0 Å². The largest absolute Gasteiger partial charge is 0.510 e. The van der Waals surface area contributed by atoms with Gasteiger partial charge in [-0.2, -0.15) is 8.42 Å². The number of hydrogen-bond donors (Lipinski definition) is 3. The van der Waals surface area contributed by atoms with Crippen LogP contribution in [0.4, 0.5) is 0 Å². The van der Waals surface area contributed by atoms with Crippen molar-refractivity contribution in [1.29, 1.82) is 0 Å². The maximum Gasteiger partial charge on any atom is 0.290 e. The molecule has 4 N–H and O–H groups in total. The van der Waals surface area contributed by atoms with Gasteiger partial charge in [0.2, 0.25) is 0 Å². The molecule has 0 aromatic rings. The van der Waals surface area contributed by atoms with Crippen molar-refractivity contribution in [2.75, 3.05) is 0 Å². The van der Waals surface area contributed by atoms with Crippen LogP contribution in [0.2, 0.25) is 0 Å². The van der Waals surface area contributed by atoms with E-state index in [4.69, 9.17) is 10.3 Å². The highest BCUT2D eigenvalue weighted by atomic mass is 32.2. The Kier molecular flexibility index (Phi) is 2.23. The number of aliphatic hydroxyl groups excluding tert-OH is 1. The smallest absolute Gasteiger partial charge is 0.290 e. The van der Waals surface area contributed by atoms with Crippen molar-refractivity contribution < 1.29 is 18.1 Å². The molecular formula is C7H11NO4S. The van der Waals surface area contributed by atoms with E-state index in [0.29, 0.717) is 0 Å². The number of allylic oxidation sites excluding steroid dienone is 2. The topological polar surface area (TPSA) is 101 Å². The van der Waals surface area contributed by atoms with Crippen LogP contribution in [0.5, 0.6) is 0 Å². The van der Waals surface area contributed by atoms with Crippen LogP contribution < -0.4 is 5.73 Å². The average molecular weight is 205 g/mol. The minimum atomic E-state index is -4.19. The lowest BCUT2D eigenvalue weighted by Gasteiger charge is -2.26. The average Bonchev–Trinajstić information content (AvgIpc) is 1.92. The molecule has 1 rings (SSSR count). The molecule has 0 saturated carbocycles. The van der Waals surface area contributed by atoms with E-state index in [1.165, 1.54) is 13.0 Å². The number of nitrogens with two attached hydrogens (primary N) is 1. The van der Waals surface area contributed by atoms with E-state index in [1.54, 1.807) is 0 Å². The van der Waals surface area contributed by atoms with Crippen LogP contribution in [0, 0.1) is 0 Å². The van der Waals surface area contributed by atoms with Crippen molar-refractivity contribution in [2.24, 2.45) is 5.73 Å². The van der Waals surface area contributed by atoms with E-state index < -0.39 is 15.7 Å². The molecule has 0 fully saturated rings. The number of aliphatic hydroxyl groups is 1. The van der Waals surface area contributed by atoms with Crippen LogP contribution in [0.25, 0.3) is 0 Å². The molecule has 1 unspecified atom stereocenters. The molecule has 0 aromatic heterocycles. The Morgan fingerprint density at radius 1 is 1.54 bits per heavy atom. The van der Waals surface area contributed by atoms with Gasteiger partial charge in [-0.3, -0.25) is 4.55 Å². The minimum Gasteiger partial charge on any atom is -0.510 e. The van der Waals surface area contributed by atoms with E-state index in [0.717, 1.165) is 6.08 Å². The zero-order chi connectivity index (χ0) is 10.3. The summed E-state index contributed by atoms with van der Waals surface area (Å²) < 4.78 is 30.1. The third-order valence-electron chi connectivity index (χ3n) is 1.89. The Morgan fingerprint density at radius 3 is 2.46 bits per heavy atom. The predicted octanol–water partition coefficient (Wildman–Crippen LogP) is 0.321. The van der Waals surface area contributed by atoms with E-state index in [9.17, 15) is 13.5 Å². The zero-order valence-corrected chi connectivity index (χ0v) is 7.87. The SMILES string of the molecule is CC1(N)CC(S(=O)(=O)O)=CC=C1O. The Labute approximate surface area is 76.3 Å². The summed E-state index contributed by atoms with van der Waals surface area (Å²) in [6, 6.07) is 0. The molecule has 0 spiro atoms. The van der Waals surface area contributed by atoms with Crippen LogP contribution in [0.1, 0.15) is 13.3 Å². The molecule has 0 aromatic carbocycles. The van der Waals surface area contributed by atoms with Gasteiger partial charge in [0.05, 0.1) is 10.4 Å². The molecule has 1 atom stereocenters. The van der Waals surface area contributed by atoms with Gasteiger partial charge in [-0.1, -0.05) is 0 Å². The minimum absolute atomic E-state index is 0.0973. The fourth-order valence-corrected chi connectivity index (χ4v) is 1.77. The Morgan fingerprint density at radius 2 is 2.08 bits per heavy atom. The highest BCUT2D eigenvalue weighted by molar-refractivity contribution is 7.89. The first-order valence-corrected chi connectivity index (χ1v) is 5.04. The first kappa shape index (κ1) is 10.2. The maximum atomic E-state index is 10.7. The van der Waals surface area contributed by atoms with Crippen molar-refractivity contribution in [2.45, 2.75) is 18.9 Å². The molecule has 6 heteroatoms. The van der Waals surface area contributed by atoms with Gasteiger partial charge in [-0.25, -0.2) is 0 Å². The summed E-state index contributed by atoms with van der Waals surface area (Å²) in [6.45, 7) is 1.48. The van der Waals surface area contributed by atoms with Gasteiger partial charge in [-0.15, -0.1) is 0 Å². The van der Waals surface area contributed by atoms with Crippen LogP contribution in [0.3, 0.4) is 0 Å². The first-order chi connectivity index (χ1) is 5.73. The zero-order valence-electron chi connectivity index (χ0n) is 7.06. The molecule has 0 heterocycles. The highest BCUT2D eigenvalue weighted by Crippen LogP contribution is 2.27. The van der Waals surface area contributed by atoms with Crippen LogP contribution in [-0.4, -0.2) is 23.6 Å². The van der Waals surface area contributed by atoms with Gasteiger partial charge >= 0.3 is 0 Å². The molecule has 0 bridgehead atoms. The maximum absolute atomic E-state index is 10.7. The van der Waals surface area contributed by atoms with Gasteiger partial charge in [0.1, 0.15) is 5.76 Å². The molecule has 1 aliphatic carbocycles. The first-order valence-electron chi connectivity index (χ1n) is 3.60. The Hall–Kier alpha value is -0.850. The van der Waals surface area contributed by atoms with Gasteiger partial charge in [0.25, 0.3) is 10.1 Å². The van der Waals surface area contributed by atoms with Crippen molar-refractivity contribution >= 4 is 10.1 Å². The third kappa shape index (κ3) is 2.09. The van der Waals surface area contributed by atoms with E-state index >= 15 is 0 Å². The van der Waals surface area contributed by atoms with Gasteiger partial charge in [-0.05, 0) is 19.1 Å². The molecule has 13 heavy (non-hydrogen) atoms. The van der Waals surface area contributed by atoms with Crippen molar-refractivity contribution in [3.8, 4) is 0 Å². The molecule has 0 aliphatic heterocycles. The van der Waals surface area contributed by atoms with Crippen LogP contribution in [0.15, 0.2) is 22.8 Å². The summed E-state index contributed by atoms with van der Waals surface area (Å²) in [5.74, 6) is -0.0973. The van der Waals surface area contributed by atoms with Crippen LogP contribution in [-0.2, 0) is 10.1 Å². The quantitative estimate of drug-likeness (QED) is 0.535. The predicted molar refractivity (Wildman–Crippen MR) is 47.6 cm³/mol. The van der Waals surface area contributed by atoms with Gasteiger partial charge in [0.15, 0.2) is 0 Å². The second-order valence-corrected chi connectivity index (χ2v) is 4.73. The second kappa shape index (κ2) is 2.83. The summed E-state index contributed by atoms with van der Waals surface area (Å²) in [6.07, 6.45) is 2.21. The fraction of sp³-hybridized carbons (Fsp3) is 0.429. The normalized spacial score (nSPS) is 29.5. The molecular weight excluding hydrogens is 194 g/mol. The molecule has 0 radical (unpaired) electrons. The molecule has 74 valence electrons. The third-order valence-corrected chi connectivity index (χ3v) is 2.83. The van der Waals surface area contributed by atoms with E-state index in [-0.39, 0.29) is 17.1 Å². The number of rotatable bonds is 1. The van der Waals surface area contributed by atoms with Gasteiger partial charge in [0, 0.05) is 6.42 Å². The highest BCUT2D eigenvalue weighted by Gasteiger charge is 2.31. The molecule has 5 nitrogen and oxygen atoms in total. The Balaban J connectivity index is 3.11. The van der Waals surface area contributed by atoms with Crippen molar-refractivity contribution in [3.63, 3.8) is 0 Å². The van der Waals surface area contributed by atoms with Crippen LogP contribution >= 0.6 is 0 Å². The molecule has 0 amide bonds. The summed E-state index contributed by atoms with van der Waals surface area (Å²) in [5, 5.41) is 9.24. The second-order valence-electron chi connectivity index (χ2n) is 3.25. The lowest BCUT2D eigenvalue weighted by Crippen LogP contribution is -2.40. The number of hydrogen-bond acceptors (Lipinski definition) is 4. The summed E-state index contributed by atoms with van der Waals surface area (Å²) in [5.41, 5.74) is 4.45. The lowest BCUT2D eigenvalue weighted by atomic mass is 9.92. The monoisotopic (exact) mass is 205 g/mol.